The fraction of sp³-hybridized carbons (Fsp3) is 0.182. The highest BCUT2D eigenvalue weighted by Crippen LogP contribution is 2.34. The Bertz CT molecular complexity index is 873. The summed E-state index contributed by atoms with van der Waals surface area (Å²) in [5.41, 5.74) is 0.709. The molecular formula is C11H9ClN6O4. The van der Waals surface area contributed by atoms with Gasteiger partial charge in [-0.25, -0.2) is 19.4 Å². The van der Waals surface area contributed by atoms with E-state index in [0.717, 1.165) is 0 Å². The maximum absolute atomic E-state index is 10.8. The van der Waals surface area contributed by atoms with Crippen molar-refractivity contribution < 1.29 is 19.6 Å². The van der Waals surface area contributed by atoms with Crippen LogP contribution in [0.5, 0.6) is 5.75 Å². The quantitative estimate of drug-likeness (QED) is 0.621. The highest BCUT2D eigenvalue weighted by atomic mass is 35.5. The summed E-state index contributed by atoms with van der Waals surface area (Å²) in [6.45, 7) is 2.23. The molecular weight excluding hydrogens is 316 g/mol. The normalized spacial score (nSPS) is 11.0. The largest absolute Gasteiger partial charge is 0.504 e. The van der Waals surface area contributed by atoms with E-state index < -0.39 is 6.09 Å². The summed E-state index contributed by atoms with van der Waals surface area (Å²) in [4.78, 5) is 18.9. The van der Waals surface area contributed by atoms with E-state index in [1.54, 1.807) is 4.57 Å². The predicted octanol–water partition coefficient (Wildman–Crippen LogP) is 1.95. The molecule has 0 atom stereocenters. The third kappa shape index (κ3) is 2.09. The van der Waals surface area contributed by atoms with E-state index in [0.29, 0.717) is 12.1 Å². The van der Waals surface area contributed by atoms with Gasteiger partial charge in [-0.1, -0.05) is 11.6 Å². The van der Waals surface area contributed by atoms with Crippen molar-refractivity contribution in [3.05, 3.63) is 11.3 Å². The molecule has 10 nitrogen and oxygen atoms in total. The van der Waals surface area contributed by atoms with Gasteiger partial charge in [-0.2, -0.15) is 0 Å². The van der Waals surface area contributed by atoms with Crippen molar-refractivity contribution in [2.24, 2.45) is 0 Å². The van der Waals surface area contributed by atoms with Gasteiger partial charge in [0.25, 0.3) is 0 Å². The van der Waals surface area contributed by atoms with Gasteiger partial charge in [0, 0.05) is 6.54 Å². The van der Waals surface area contributed by atoms with Crippen LogP contribution in [0.4, 0.5) is 10.6 Å². The van der Waals surface area contributed by atoms with Crippen molar-refractivity contribution in [3.63, 3.8) is 0 Å². The minimum Gasteiger partial charge on any atom is -0.504 e. The first-order chi connectivity index (χ1) is 10.5. The van der Waals surface area contributed by atoms with Crippen molar-refractivity contribution in [1.82, 2.24) is 24.8 Å². The Morgan fingerprint density at radius 1 is 1.50 bits per heavy atom. The van der Waals surface area contributed by atoms with Crippen LogP contribution in [0.1, 0.15) is 6.92 Å². The Kier molecular flexibility index (Phi) is 3.29. The molecule has 0 aliphatic heterocycles. The van der Waals surface area contributed by atoms with E-state index in [-0.39, 0.29) is 33.8 Å². The Balaban J connectivity index is 2.28. The number of carbonyl (C=O) groups is 1. The average molecular weight is 325 g/mol. The van der Waals surface area contributed by atoms with Crippen LogP contribution < -0.4 is 5.32 Å². The lowest BCUT2D eigenvalue weighted by atomic mass is 10.3. The maximum Gasteiger partial charge on any atom is 0.410 e. The van der Waals surface area contributed by atoms with Crippen LogP contribution in [-0.2, 0) is 6.54 Å². The van der Waals surface area contributed by atoms with E-state index in [1.165, 1.54) is 6.20 Å². The van der Waals surface area contributed by atoms with Crippen LogP contribution >= 0.6 is 11.6 Å². The number of pyridine rings is 1. The number of imidazole rings is 1. The molecule has 0 fully saturated rings. The van der Waals surface area contributed by atoms with Crippen LogP contribution in [0.25, 0.3) is 22.6 Å². The van der Waals surface area contributed by atoms with E-state index >= 15 is 0 Å². The number of aromatic nitrogens is 5. The average Bonchev–Trinajstić information content (AvgIpc) is 3.06. The SMILES string of the molecule is CCn1c(-c2nonc2NC(=O)O)nc2c(Cl)ncc(O)c21. The smallest absolute Gasteiger partial charge is 0.410 e. The van der Waals surface area contributed by atoms with Gasteiger partial charge in [-0.05, 0) is 17.2 Å². The monoisotopic (exact) mass is 324 g/mol. The van der Waals surface area contributed by atoms with E-state index in [1.807, 2.05) is 6.92 Å². The molecule has 3 N–H and O–H groups in total. The first-order valence-electron chi connectivity index (χ1n) is 6.09. The molecule has 3 heterocycles. The number of aromatic hydroxyl groups is 1. The van der Waals surface area contributed by atoms with Crippen LogP contribution in [-0.4, -0.2) is 41.2 Å². The van der Waals surface area contributed by atoms with Gasteiger partial charge in [0.1, 0.15) is 11.0 Å². The Morgan fingerprint density at radius 2 is 2.27 bits per heavy atom. The van der Waals surface area contributed by atoms with Crippen molar-refractivity contribution in [3.8, 4) is 17.3 Å². The summed E-state index contributed by atoms with van der Waals surface area (Å²) in [6.07, 6.45) is -0.113. The summed E-state index contributed by atoms with van der Waals surface area (Å²) in [7, 11) is 0. The number of rotatable bonds is 3. The molecule has 0 radical (unpaired) electrons. The number of aryl methyl sites for hydroxylation is 1. The summed E-state index contributed by atoms with van der Waals surface area (Å²) in [5, 5.41) is 28.1. The van der Waals surface area contributed by atoms with Crippen molar-refractivity contribution in [2.75, 3.05) is 5.32 Å². The molecule has 0 bridgehead atoms. The number of amides is 1. The standard InChI is InChI=1S/C11H9ClN6O4/c1-2-18-7-4(19)3-13-8(12)5(7)14-10(18)6-9(15-11(20)21)17-22-16-6/h3,19H,2H2,1H3,(H,15,17)(H,20,21). The fourth-order valence-electron chi connectivity index (χ4n) is 2.10. The lowest BCUT2D eigenvalue weighted by molar-refractivity contribution is 0.209. The number of nitrogens with one attached hydrogen (secondary N) is 1. The molecule has 3 rings (SSSR count). The van der Waals surface area contributed by atoms with Crippen molar-refractivity contribution in [2.45, 2.75) is 13.5 Å². The molecule has 114 valence electrons. The van der Waals surface area contributed by atoms with Crippen LogP contribution in [0.2, 0.25) is 5.15 Å². The second-order valence-corrected chi connectivity index (χ2v) is 4.56. The molecule has 0 spiro atoms. The Labute approximate surface area is 127 Å². The molecule has 0 aliphatic carbocycles. The van der Waals surface area contributed by atoms with Crippen LogP contribution in [0, 0.1) is 0 Å². The van der Waals surface area contributed by atoms with E-state index in [4.69, 9.17) is 16.7 Å². The van der Waals surface area contributed by atoms with Gasteiger partial charge in [0.15, 0.2) is 22.4 Å². The second-order valence-electron chi connectivity index (χ2n) is 4.20. The van der Waals surface area contributed by atoms with Crippen LogP contribution in [0.15, 0.2) is 10.8 Å². The minimum atomic E-state index is -1.32. The highest BCUT2D eigenvalue weighted by Gasteiger charge is 2.24. The molecule has 11 heteroatoms. The third-order valence-electron chi connectivity index (χ3n) is 2.95. The molecule has 0 unspecified atom stereocenters. The molecule has 0 aliphatic rings. The van der Waals surface area contributed by atoms with Crippen LogP contribution in [0.3, 0.4) is 0 Å². The number of hydrogen-bond acceptors (Lipinski definition) is 7. The number of nitrogens with zero attached hydrogens (tertiary/aromatic N) is 5. The van der Waals surface area contributed by atoms with Gasteiger partial charge in [-0.15, -0.1) is 0 Å². The maximum atomic E-state index is 10.8. The number of carboxylic acid groups (broad SMARTS) is 1. The molecule has 3 aromatic heterocycles. The Hall–Kier alpha value is -2.88. The molecule has 0 aromatic carbocycles. The van der Waals surface area contributed by atoms with Gasteiger partial charge < -0.3 is 14.8 Å². The highest BCUT2D eigenvalue weighted by molar-refractivity contribution is 6.34. The zero-order valence-electron chi connectivity index (χ0n) is 11.1. The zero-order valence-corrected chi connectivity index (χ0v) is 11.9. The van der Waals surface area contributed by atoms with E-state index in [9.17, 15) is 9.90 Å². The number of hydrogen-bond donors (Lipinski definition) is 3. The molecule has 3 aromatic rings. The number of anilines is 1. The van der Waals surface area contributed by atoms with Gasteiger partial charge >= 0.3 is 6.09 Å². The molecule has 0 saturated carbocycles. The van der Waals surface area contributed by atoms with E-state index in [2.05, 4.69) is 30.2 Å². The molecule has 0 saturated heterocycles. The fourth-order valence-corrected chi connectivity index (χ4v) is 2.28. The summed E-state index contributed by atoms with van der Waals surface area (Å²) in [6, 6.07) is 0. The topological polar surface area (TPSA) is 139 Å². The predicted molar refractivity (Wildman–Crippen MR) is 74.8 cm³/mol. The minimum absolute atomic E-state index is 0.0796. The lowest BCUT2D eigenvalue weighted by Crippen LogP contribution is -2.09. The number of halogens is 1. The lowest BCUT2D eigenvalue weighted by Gasteiger charge is -2.05. The van der Waals surface area contributed by atoms with Crippen molar-refractivity contribution >= 4 is 34.5 Å². The number of fused-ring (bicyclic) bond motifs is 1. The summed E-state index contributed by atoms with van der Waals surface area (Å²) < 4.78 is 6.17. The van der Waals surface area contributed by atoms with Crippen molar-refractivity contribution in [1.29, 1.82) is 0 Å². The first kappa shape index (κ1) is 14.1. The summed E-state index contributed by atoms with van der Waals surface area (Å²) in [5.74, 6) is 0.0259. The van der Waals surface area contributed by atoms with Gasteiger partial charge in [-0.3, -0.25) is 5.32 Å². The van der Waals surface area contributed by atoms with Gasteiger partial charge in [0.2, 0.25) is 5.82 Å². The third-order valence-corrected chi connectivity index (χ3v) is 3.22. The summed E-state index contributed by atoms with van der Waals surface area (Å²) >= 11 is 5.99. The zero-order chi connectivity index (χ0) is 15.9. The Morgan fingerprint density at radius 3 is 2.95 bits per heavy atom. The molecule has 1 amide bonds. The second kappa shape index (κ2) is 5.15. The van der Waals surface area contributed by atoms with Gasteiger partial charge in [0.05, 0.1) is 6.20 Å². The molecule has 22 heavy (non-hydrogen) atoms. The first-order valence-corrected chi connectivity index (χ1v) is 6.47.